The van der Waals surface area contributed by atoms with E-state index in [0.717, 1.165) is 22.4 Å². The summed E-state index contributed by atoms with van der Waals surface area (Å²) in [6.45, 7) is 6.80. The molecule has 5 nitrogen and oxygen atoms in total. The van der Waals surface area contributed by atoms with Gasteiger partial charge in [0.1, 0.15) is 0 Å². The van der Waals surface area contributed by atoms with Crippen LogP contribution in [0.3, 0.4) is 0 Å². The lowest BCUT2D eigenvalue weighted by atomic mass is 9.99. The van der Waals surface area contributed by atoms with Crippen molar-refractivity contribution in [1.29, 1.82) is 0 Å². The Morgan fingerprint density at radius 2 is 1.83 bits per heavy atom. The number of aromatic nitrogens is 2. The zero-order chi connectivity index (χ0) is 17.0. The summed E-state index contributed by atoms with van der Waals surface area (Å²) in [5.74, 6) is 0.303. The Bertz CT molecular complexity index is 724. The van der Waals surface area contributed by atoms with Crippen LogP contribution in [0.15, 0.2) is 29.1 Å². The molecule has 0 aliphatic heterocycles. The number of aliphatic hydroxyl groups excluding tert-OH is 1. The maximum Gasteiger partial charge on any atom is 0.270 e. The van der Waals surface area contributed by atoms with Crippen LogP contribution < -0.4 is 11.3 Å². The normalized spacial score (nSPS) is 10.8. The third-order valence-electron chi connectivity index (χ3n) is 3.79. The van der Waals surface area contributed by atoms with Crippen LogP contribution in [-0.2, 0) is 19.5 Å². The Balaban J connectivity index is 0.00000288. The van der Waals surface area contributed by atoms with Gasteiger partial charge in [0, 0.05) is 42.8 Å². The summed E-state index contributed by atoms with van der Waals surface area (Å²) in [7, 11) is 0. The highest BCUT2D eigenvalue weighted by atomic mass is 35.5. The highest BCUT2D eigenvalue weighted by molar-refractivity contribution is 5.85. The van der Waals surface area contributed by atoms with Gasteiger partial charge in [-0.25, -0.2) is 4.68 Å². The molecule has 0 radical (unpaired) electrons. The van der Waals surface area contributed by atoms with E-state index in [4.69, 9.17) is 5.73 Å². The summed E-state index contributed by atoms with van der Waals surface area (Å²) in [5.41, 5.74) is 9.88. The molecule has 1 heterocycles. The predicted octanol–water partition coefficient (Wildman–Crippen LogP) is 2.29. The van der Waals surface area contributed by atoms with E-state index in [-0.39, 0.29) is 31.1 Å². The fourth-order valence-corrected chi connectivity index (χ4v) is 2.66. The molecule has 132 valence electrons. The van der Waals surface area contributed by atoms with E-state index < -0.39 is 0 Å². The molecule has 0 aliphatic carbocycles. The van der Waals surface area contributed by atoms with Gasteiger partial charge in [-0.1, -0.05) is 43.7 Å². The molecule has 3 N–H and O–H groups in total. The largest absolute Gasteiger partial charge is 0.396 e. The average molecular weight is 352 g/mol. The summed E-state index contributed by atoms with van der Waals surface area (Å²) in [6.07, 6.45) is 0.296. The lowest BCUT2D eigenvalue weighted by Crippen LogP contribution is -2.31. The minimum atomic E-state index is -0.149. The number of halogens is 1. The van der Waals surface area contributed by atoms with Crippen LogP contribution in [0.2, 0.25) is 0 Å². The van der Waals surface area contributed by atoms with E-state index in [1.54, 1.807) is 0 Å². The smallest absolute Gasteiger partial charge is 0.270 e. The van der Waals surface area contributed by atoms with Gasteiger partial charge in [-0.2, -0.15) is 5.10 Å². The van der Waals surface area contributed by atoms with Gasteiger partial charge < -0.3 is 10.8 Å². The molecule has 0 atom stereocenters. The van der Waals surface area contributed by atoms with Crippen LogP contribution in [0.5, 0.6) is 0 Å². The Morgan fingerprint density at radius 3 is 2.33 bits per heavy atom. The highest BCUT2D eigenvalue weighted by Crippen LogP contribution is 2.23. The second-order valence-corrected chi connectivity index (χ2v) is 6.23. The Morgan fingerprint density at radius 1 is 1.21 bits per heavy atom. The summed E-state index contributed by atoms with van der Waals surface area (Å²) >= 11 is 0. The van der Waals surface area contributed by atoms with Crippen molar-refractivity contribution in [2.75, 3.05) is 6.61 Å². The van der Waals surface area contributed by atoms with Crippen molar-refractivity contribution < 1.29 is 5.11 Å². The molecule has 0 saturated heterocycles. The first-order valence-electron chi connectivity index (χ1n) is 7.98. The Kier molecular flexibility index (Phi) is 7.60. The number of aryl methyl sites for hydroxylation is 1. The zero-order valence-electron chi connectivity index (χ0n) is 14.5. The molecule has 0 spiro atoms. The van der Waals surface area contributed by atoms with Gasteiger partial charge in [0.25, 0.3) is 5.56 Å². The van der Waals surface area contributed by atoms with Gasteiger partial charge in [0.2, 0.25) is 0 Å². The van der Waals surface area contributed by atoms with Crippen molar-refractivity contribution >= 4 is 12.4 Å². The number of nitrogens with two attached hydrogens (primary N) is 1. The van der Waals surface area contributed by atoms with E-state index in [9.17, 15) is 9.90 Å². The fraction of sp³-hybridized carbons (Fsp3) is 0.444. The number of rotatable bonds is 6. The summed E-state index contributed by atoms with van der Waals surface area (Å²) in [5, 5.41) is 13.9. The maximum atomic E-state index is 12.6. The van der Waals surface area contributed by atoms with Crippen molar-refractivity contribution in [1.82, 2.24) is 9.78 Å². The molecule has 0 saturated carbocycles. The van der Waals surface area contributed by atoms with Crippen molar-refractivity contribution in [2.24, 2.45) is 11.7 Å². The van der Waals surface area contributed by atoms with Crippen molar-refractivity contribution in [2.45, 2.75) is 40.3 Å². The molecular formula is C18H26ClN3O2. The van der Waals surface area contributed by atoms with E-state index in [0.29, 0.717) is 24.4 Å². The third-order valence-corrected chi connectivity index (χ3v) is 3.79. The molecule has 0 amide bonds. The molecule has 1 aromatic carbocycles. The second-order valence-electron chi connectivity index (χ2n) is 6.23. The van der Waals surface area contributed by atoms with Crippen molar-refractivity contribution in [3.8, 4) is 11.3 Å². The molecular weight excluding hydrogens is 326 g/mol. The molecule has 0 bridgehead atoms. The molecule has 0 fully saturated rings. The minimum Gasteiger partial charge on any atom is -0.396 e. The Hall–Kier alpha value is -1.69. The van der Waals surface area contributed by atoms with Gasteiger partial charge in [-0.15, -0.1) is 12.4 Å². The average Bonchev–Trinajstić information content (AvgIpc) is 2.51. The maximum absolute atomic E-state index is 12.6. The molecule has 2 rings (SSSR count). The van der Waals surface area contributed by atoms with E-state index in [1.165, 1.54) is 4.68 Å². The monoisotopic (exact) mass is 351 g/mol. The molecule has 0 unspecified atom stereocenters. The third kappa shape index (κ3) is 4.44. The number of hydrogen-bond acceptors (Lipinski definition) is 4. The lowest BCUT2D eigenvalue weighted by molar-refractivity contribution is 0.298. The zero-order valence-corrected chi connectivity index (χ0v) is 15.3. The van der Waals surface area contributed by atoms with Gasteiger partial charge >= 0.3 is 0 Å². The summed E-state index contributed by atoms with van der Waals surface area (Å²) in [4.78, 5) is 12.6. The van der Waals surface area contributed by atoms with Crippen LogP contribution >= 0.6 is 12.4 Å². The molecule has 2 aromatic rings. The van der Waals surface area contributed by atoms with Gasteiger partial charge in [-0.3, -0.25) is 4.79 Å². The molecule has 24 heavy (non-hydrogen) atoms. The van der Waals surface area contributed by atoms with Crippen molar-refractivity contribution in [3.63, 3.8) is 0 Å². The highest BCUT2D eigenvalue weighted by Gasteiger charge is 2.17. The van der Waals surface area contributed by atoms with Crippen LogP contribution in [-0.4, -0.2) is 21.5 Å². The van der Waals surface area contributed by atoms with E-state index in [1.807, 2.05) is 45.0 Å². The predicted molar refractivity (Wildman–Crippen MR) is 99.4 cm³/mol. The lowest BCUT2D eigenvalue weighted by Gasteiger charge is -2.17. The SMILES string of the molecule is Cc1ccc(-c2nn(CC(C)C)c(=O)c(CCO)c2CN)cc1.Cl. The molecule has 6 heteroatoms. The van der Waals surface area contributed by atoms with Gasteiger partial charge in [-0.05, 0) is 12.8 Å². The number of hydrogen-bond donors (Lipinski definition) is 2. The van der Waals surface area contributed by atoms with Crippen LogP contribution in [0.25, 0.3) is 11.3 Å². The van der Waals surface area contributed by atoms with Crippen LogP contribution in [0.4, 0.5) is 0 Å². The van der Waals surface area contributed by atoms with E-state index in [2.05, 4.69) is 5.10 Å². The van der Waals surface area contributed by atoms with Crippen LogP contribution in [0.1, 0.15) is 30.5 Å². The minimum absolute atomic E-state index is 0. The second kappa shape index (κ2) is 8.97. The summed E-state index contributed by atoms with van der Waals surface area (Å²) in [6, 6.07) is 8.01. The first-order valence-corrected chi connectivity index (χ1v) is 7.98. The number of nitrogens with zero attached hydrogens (tertiary/aromatic N) is 2. The van der Waals surface area contributed by atoms with E-state index >= 15 is 0 Å². The van der Waals surface area contributed by atoms with Crippen LogP contribution in [0, 0.1) is 12.8 Å². The van der Waals surface area contributed by atoms with Gasteiger partial charge in [0.15, 0.2) is 0 Å². The standard InChI is InChI=1S/C18H25N3O2.ClH/c1-12(2)11-21-18(23)15(8-9-22)16(10-19)17(20-21)14-6-4-13(3)5-7-14;/h4-7,12,22H,8-11,19H2,1-3H3;1H. The fourth-order valence-electron chi connectivity index (χ4n) is 2.66. The Labute approximate surface area is 148 Å². The first-order chi connectivity index (χ1) is 11.0. The number of benzene rings is 1. The quantitative estimate of drug-likeness (QED) is 0.836. The van der Waals surface area contributed by atoms with Gasteiger partial charge in [0.05, 0.1) is 5.69 Å². The summed E-state index contributed by atoms with van der Waals surface area (Å²) < 4.78 is 1.50. The topological polar surface area (TPSA) is 81.1 Å². The van der Waals surface area contributed by atoms with Crippen molar-refractivity contribution in [3.05, 3.63) is 51.3 Å². The number of aliphatic hydroxyl groups is 1. The molecule has 0 aliphatic rings. The molecule has 1 aromatic heterocycles. The first kappa shape index (κ1) is 20.4.